The maximum atomic E-state index is 13.8. The van der Waals surface area contributed by atoms with Crippen molar-refractivity contribution < 1.29 is 19.2 Å². The smallest absolute Gasteiger partial charge is 0.423 e. The fourth-order valence-electron chi connectivity index (χ4n) is 2.59. The highest BCUT2D eigenvalue weighted by atomic mass is 19.1. The van der Waals surface area contributed by atoms with E-state index in [4.69, 9.17) is 14.8 Å². The van der Waals surface area contributed by atoms with Crippen molar-refractivity contribution in [2.45, 2.75) is 52.2 Å². The topological polar surface area (TPSA) is 49.7 Å². The monoisotopic (exact) mass is 280 g/mol. The Morgan fingerprint density at radius 3 is 2.50 bits per heavy atom. The second kappa shape index (κ2) is 6.25. The number of hydrogen-bond donors (Lipinski definition) is 2. The van der Waals surface area contributed by atoms with Crippen molar-refractivity contribution in [1.29, 1.82) is 0 Å². The summed E-state index contributed by atoms with van der Waals surface area (Å²) in [6, 6.07) is 4.21. The highest BCUT2D eigenvalue weighted by molar-refractivity contribution is 6.58. The van der Waals surface area contributed by atoms with Crippen LogP contribution in [0.25, 0.3) is 0 Å². The summed E-state index contributed by atoms with van der Waals surface area (Å²) < 4.78 is 19.6. The Morgan fingerprint density at radius 2 is 1.95 bits per heavy atom. The van der Waals surface area contributed by atoms with E-state index in [2.05, 4.69) is 13.8 Å². The number of ether oxygens (including phenoxy) is 1. The molecule has 1 fully saturated rings. The molecule has 1 aromatic carbocycles. The van der Waals surface area contributed by atoms with Gasteiger partial charge in [-0.3, -0.25) is 0 Å². The number of hydrogen-bond acceptors (Lipinski definition) is 3. The van der Waals surface area contributed by atoms with E-state index in [-0.39, 0.29) is 18.2 Å². The quantitative estimate of drug-likeness (QED) is 0.829. The van der Waals surface area contributed by atoms with Crippen LogP contribution < -0.4 is 5.46 Å². The van der Waals surface area contributed by atoms with Gasteiger partial charge in [0.05, 0.1) is 12.7 Å². The third-order valence-electron chi connectivity index (χ3n) is 4.14. The van der Waals surface area contributed by atoms with E-state index in [1.165, 1.54) is 6.07 Å². The molecule has 2 N–H and O–H groups in total. The standard InChI is InChI=1S/C15H22BFO3/c1-15(2)7-5-13(6-8-15)20-10-11-3-4-12(16(18)19)9-14(11)17/h3-4,9,13,18-19H,5-8,10H2,1-2H3. The molecule has 2 rings (SSSR count). The number of halogens is 1. The van der Waals surface area contributed by atoms with Crippen LogP contribution in [0.5, 0.6) is 0 Å². The van der Waals surface area contributed by atoms with Gasteiger partial charge >= 0.3 is 7.12 Å². The van der Waals surface area contributed by atoms with Gasteiger partial charge in [-0.25, -0.2) is 4.39 Å². The fourth-order valence-corrected chi connectivity index (χ4v) is 2.59. The zero-order chi connectivity index (χ0) is 14.8. The molecule has 0 radical (unpaired) electrons. The van der Waals surface area contributed by atoms with Crippen molar-refractivity contribution in [2.24, 2.45) is 5.41 Å². The molecule has 20 heavy (non-hydrogen) atoms. The van der Waals surface area contributed by atoms with Gasteiger partial charge in [0.2, 0.25) is 0 Å². The second-order valence-electron chi connectivity index (χ2n) is 6.40. The lowest BCUT2D eigenvalue weighted by molar-refractivity contribution is -0.00658. The highest BCUT2D eigenvalue weighted by Gasteiger charge is 2.27. The van der Waals surface area contributed by atoms with Gasteiger partial charge in [-0.1, -0.05) is 26.0 Å². The van der Waals surface area contributed by atoms with Crippen LogP contribution in [0.2, 0.25) is 0 Å². The minimum absolute atomic E-state index is 0.158. The second-order valence-corrected chi connectivity index (χ2v) is 6.40. The van der Waals surface area contributed by atoms with Gasteiger partial charge in [-0.05, 0) is 42.6 Å². The van der Waals surface area contributed by atoms with Crippen LogP contribution >= 0.6 is 0 Å². The normalized spacial score (nSPS) is 19.1. The maximum absolute atomic E-state index is 13.8. The molecule has 0 saturated heterocycles. The molecule has 0 aliphatic heterocycles. The Kier molecular flexibility index (Phi) is 4.84. The Morgan fingerprint density at radius 1 is 1.30 bits per heavy atom. The summed E-state index contributed by atoms with van der Waals surface area (Å²) in [5.74, 6) is -0.452. The van der Waals surface area contributed by atoms with Gasteiger partial charge in [0.1, 0.15) is 5.82 Å². The average Bonchev–Trinajstić information content (AvgIpc) is 2.38. The van der Waals surface area contributed by atoms with E-state index in [1.807, 2.05) is 0 Å². The summed E-state index contributed by atoms with van der Waals surface area (Å²) in [7, 11) is -1.64. The molecular formula is C15H22BFO3. The summed E-state index contributed by atoms with van der Waals surface area (Å²) >= 11 is 0. The van der Waals surface area contributed by atoms with E-state index in [0.717, 1.165) is 31.7 Å². The molecule has 1 aliphatic rings. The Labute approximate surface area is 119 Å². The molecule has 0 amide bonds. The van der Waals surface area contributed by atoms with Crippen molar-refractivity contribution >= 4 is 12.6 Å². The fraction of sp³-hybridized carbons (Fsp3) is 0.600. The van der Waals surface area contributed by atoms with Crippen LogP contribution in [0.15, 0.2) is 18.2 Å². The molecule has 1 aliphatic carbocycles. The first-order valence-corrected chi connectivity index (χ1v) is 7.13. The first-order valence-electron chi connectivity index (χ1n) is 7.13. The summed E-state index contributed by atoms with van der Waals surface area (Å²) in [4.78, 5) is 0. The molecule has 0 unspecified atom stereocenters. The first kappa shape index (κ1) is 15.5. The zero-order valence-corrected chi connectivity index (χ0v) is 12.1. The van der Waals surface area contributed by atoms with Gasteiger partial charge in [-0.15, -0.1) is 0 Å². The number of rotatable bonds is 4. The van der Waals surface area contributed by atoms with Gasteiger partial charge < -0.3 is 14.8 Å². The van der Waals surface area contributed by atoms with E-state index in [1.54, 1.807) is 6.07 Å². The lowest BCUT2D eigenvalue weighted by atomic mass is 9.76. The SMILES string of the molecule is CC1(C)CCC(OCc2ccc(B(O)O)cc2F)CC1. The van der Waals surface area contributed by atoms with Gasteiger partial charge in [0, 0.05) is 5.56 Å². The summed E-state index contributed by atoms with van der Waals surface area (Å²) in [6.07, 6.45) is 4.50. The Hall–Kier alpha value is -0.905. The first-order chi connectivity index (χ1) is 9.37. The van der Waals surface area contributed by atoms with Gasteiger partial charge in [0.15, 0.2) is 0 Å². The molecule has 0 atom stereocenters. The third kappa shape index (κ3) is 4.04. The lowest BCUT2D eigenvalue weighted by Crippen LogP contribution is -2.30. The lowest BCUT2D eigenvalue weighted by Gasteiger charge is -2.34. The van der Waals surface area contributed by atoms with Crippen LogP contribution in [0.4, 0.5) is 4.39 Å². The van der Waals surface area contributed by atoms with Crippen molar-refractivity contribution in [1.82, 2.24) is 0 Å². The molecule has 1 aromatic rings. The molecule has 1 saturated carbocycles. The minimum Gasteiger partial charge on any atom is -0.423 e. The van der Waals surface area contributed by atoms with Gasteiger partial charge in [-0.2, -0.15) is 0 Å². The van der Waals surface area contributed by atoms with E-state index in [9.17, 15) is 4.39 Å². The van der Waals surface area contributed by atoms with Crippen LogP contribution in [0, 0.1) is 11.2 Å². The molecule has 0 aromatic heterocycles. The van der Waals surface area contributed by atoms with Crippen LogP contribution in [0.1, 0.15) is 45.1 Å². The predicted octanol–water partition coefficient (Wildman–Crippen LogP) is 1.99. The van der Waals surface area contributed by atoms with E-state index < -0.39 is 12.9 Å². The van der Waals surface area contributed by atoms with Gasteiger partial charge in [0.25, 0.3) is 0 Å². The Balaban J connectivity index is 1.88. The molecule has 0 spiro atoms. The molecule has 5 heteroatoms. The molecule has 3 nitrogen and oxygen atoms in total. The molecule has 0 heterocycles. The molecular weight excluding hydrogens is 258 g/mol. The average molecular weight is 280 g/mol. The third-order valence-corrected chi connectivity index (χ3v) is 4.14. The summed E-state index contributed by atoms with van der Waals surface area (Å²) in [5.41, 5.74) is 1.01. The minimum atomic E-state index is -1.64. The van der Waals surface area contributed by atoms with Crippen molar-refractivity contribution in [2.75, 3.05) is 0 Å². The van der Waals surface area contributed by atoms with E-state index >= 15 is 0 Å². The van der Waals surface area contributed by atoms with Crippen LogP contribution in [0.3, 0.4) is 0 Å². The maximum Gasteiger partial charge on any atom is 0.488 e. The summed E-state index contributed by atoms with van der Waals surface area (Å²) in [5, 5.41) is 18.0. The van der Waals surface area contributed by atoms with Crippen molar-refractivity contribution in [3.05, 3.63) is 29.6 Å². The molecule has 0 bridgehead atoms. The van der Waals surface area contributed by atoms with Crippen molar-refractivity contribution in [3.8, 4) is 0 Å². The largest absolute Gasteiger partial charge is 0.488 e. The predicted molar refractivity (Wildman–Crippen MR) is 77.1 cm³/mol. The Bertz CT molecular complexity index is 452. The highest BCUT2D eigenvalue weighted by Crippen LogP contribution is 2.36. The van der Waals surface area contributed by atoms with Crippen LogP contribution in [-0.4, -0.2) is 23.3 Å². The van der Waals surface area contributed by atoms with Crippen molar-refractivity contribution in [3.63, 3.8) is 0 Å². The van der Waals surface area contributed by atoms with Crippen LogP contribution in [-0.2, 0) is 11.3 Å². The zero-order valence-electron chi connectivity index (χ0n) is 12.1. The summed E-state index contributed by atoms with van der Waals surface area (Å²) in [6.45, 7) is 4.77. The van der Waals surface area contributed by atoms with E-state index in [0.29, 0.717) is 11.0 Å². The number of benzene rings is 1. The molecule has 110 valence electrons.